The van der Waals surface area contributed by atoms with Gasteiger partial charge in [0.15, 0.2) is 0 Å². The molecule has 4 nitrogen and oxygen atoms in total. The van der Waals surface area contributed by atoms with Crippen molar-refractivity contribution in [3.63, 3.8) is 0 Å². The number of hydrogen-bond donors (Lipinski definition) is 0. The molecule has 1 aromatic rings. The molecule has 0 amide bonds. The van der Waals surface area contributed by atoms with Gasteiger partial charge >= 0.3 is 0 Å². The van der Waals surface area contributed by atoms with E-state index >= 15 is 0 Å². The largest absolute Gasteiger partial charge is 0.339 e. The summed E-state index contributed by atoms with van der Waals surface area (Å²) in [4.78, 5) is 13.3. The van der Waals surface area contributed by atoms with E-state index < -0.39 is 0 Å². The summed E-state index contributed by atoms with van der Waals surface area (Å²) in [6, 6.07) is 0. The molecule has 0 saturated carbocycles. The first kappa shape index (κ1) is 11.9. The lowest BCUT2D eigenvalue weighted by Crippen LogP contribution is -2.31. The summed E-state index contributed by atoms with van der Waals surface area (Å²) in [5.74, 6) is 3.54. The molecule has 1 aliphatic rings. The third kappa shape index (κ3) is 3.18. The highest BCUT2D eigenvalue weighted by molar-refractivity contribution is 5.29. The van der Waals surface area contributed by atoms with Crippen molar-refractivity contribution in [2.75, 3.05) is 37.6 Å². The molecule has 1 aliphatic heterocycles. The van der Waals surface area contributed by atoms with Gasteiger partial charge < -0.3 is 4.90 Å². The molecule has 0 spiro atoms. The van der Waals surface area contributed by atoms with Crippen molar-refractivity contribution in [1.29, 1.82) is 0 Å². The van der Waals surface area contributed by atoms with Gasteiger partial charge in [-0.1, -0.05) is 5.92 Å². The predicted molar refractivity (Wildman–Crippen MR) is 68.9 cm³/mol. The van der Waals surface area contributed by atoms with Crippen molar-refractivity contribution < 1.29 is 0 Å². The molecule has 4 heteroatoms. The van der Waals surface area contributed by atoms with E-state index in [1.165, 1.54) is 0 Å². The number of rotatable bonds is 2. The van der Waals surface area contributed by atoms with Gasteiger partial charge in [-0.15, -0.1) is 6.42 Å². The quantitative estimate of drug-likeness (QED) is 0.708. The van der Waals surface area contributed by atoms with E-state index in [4.69, 9.17) is 6.42 Å². The van der Waals surface area contributed by atoms with E-state index in [0.717, 1.165) is 50.7 Å². The van der Waals surface area contributed by atoms with Crippen molar-refractivity contribution >= 4 is 5.95 Å². The Labute approximate surface area is 103 Å². The molecule has 0 aromatic carbocycles. The summed E-state index contributed by atoms with van der Waals surface area (Å²) in [6.45, 7) is 6.74. The first-order chi connectivity index (χ1) is 8.29. The topological polar surface area (TPSA) is 32.3 Å². The highest BCUT2D eigenvalue weighted by Crippen LogP contribution is 2.10. The van der Waals surface area contributed by atoms with Crippen molar-refractivity contribution in [3.05, 3.63) is 18.0 Å². The van der Waals surface area contributed by atoms with Crippen molar-refractivity contribution in [2.24, 2.45) is 0 Å². The van der Waals surface area contributed by atoms with Crippen LogP contribution in [0.5, 0.6) is 0 Å². The summed E-state index contributed by atoms with van der Waals surface area (Å²) in [5.41, 5.74) is 1.09. The minimum absolute atomic E-state index is 0.739. The number of terminal acetylenes is 1. The maximum Gasteiger partial charge on any atom is 0.225 e. The monoisotopic (exact) mass is 230 g/mol. The smallest absolute Gasteiger partial charge is 0.225 e. The summed E-state index contributed by atoms with van der Waals surface area (Å²) in [7, 11) is 0. The van der Waals surface area contributed by atoms with E-state index in [1.807, 2.05) is 19.3 Å². The molecular weight excluding hydrogens is 212 g/mol. The molecule has 0 radical (unpaired) electrons. The molecule has 0 N–H and O–H groups in total. The van der Waals surface area contributed by atoms with E-state index in [9.17, 15) is 0 Å². The Kier molecular flexibility index (Phi) is 3.94. The van der Waals surface area contributed by atoms with Crippen molar-refractivity contribution in [3.8, 4) is 12.3 Å². The van der Waals surface area contributed by atoms with Crippen molar-refractivity contribution in [1.82, 2.24) is 14.9 Å². The Balaban J connectivity index is 1.99. The fourth-order valence-electron chi connectivity index (χ4n) is 2.01. The number of hydrogen-bond acceptors (Lipinski definition) is 4. The van der Waals surface area contributed by atoms with Crippen LogP contribution in [0.1, 0.15) is 12.0 Å². The van der Waals surface area contributed by atoms with Crippen LogP contribution >= 0.6 is 0 Å². The van der Waals surface area contributed by atoms with Gasteiger partial charge in [0.25, 0.3) is 0 Å². The second kappa shape index (κ2) is 5.65. The molecule has 90 valence electrons. The van der Waals surface area contributed by atoms with Crippen LogP contribution in [0.3, 0.4) is 0 Å². The molecular formula is C13H18N4. The lowest BCUT2D eigenvalue weighted by molar-refractivity contribution is 0.330. The van der Waals surface area contributed by atoms with Crippen LogP contribution in [-0.4, -0.2) is 47.6 Å². The third-order valence-corrected chi connectivity index (χ3v) is 2.95. The maximum atomic E-state index is 5.34. The zero-order valence-electron chi connectivity index (χ0n) is 10.3. The molecule has 1 saturated heterocycles. The second-order valence-corrected chi connectivity index (χ2v) is 4.38. The van der Waals surface area contributed by atoms with Gasteiger partial charge in [-0.25, -0.2) is 9.97 Å². The Bertz CT molecular complexity index is 393. The predicted octanol–water partition coefficient (Wildman–Crippen LogP) is 0.930. The highest BCUT2D eigenvalue weighted by Gasteiger charge is 2.15. The standard InChI is InChI=1S/C13H18N4/c1-3-5-16-6-4-7-17(9-8-16)13-14-10-12(2)11-15-13/h1,10-11H,4-9H2,2H3. The summed E-state index contributed by atoms with van der Waals surface area (Å²) < 4.78 is 0. The van der Waals surface area contributed by atoms with Gasteiger partial charge in [0.2, 0.25) is 5.95 Å². The van der Waals surface area contributed by atoms with Crippen LogP contribution in [0.2, 0.25) is 0 Å². The van der Waals surface area contributed by atoms with Gasteiger partial charge in [0, 0.05) is 38.6 Å². The Morgan fingerprint density at radius 2 is 2.00 bits per heavy atom. The van der Waals surface area contributed by atoms with Crippen LogP contribution in [0, 0.1) is 19.3 Å². The first-order valence-corrected chi connectivity index (χ1v) is 5.99. The average Bonchev–Trinajstić information content (AvgIpc) is 2.56. The number of anilines is 1. The summed E-state index contributed by atoms with van der Waals surface area (Å²) >= 11 is 0. The Hall–Kier alpha value is -1.60. The van der Waals surface area contributed by atoms with Gasteiger partial charge in [-0.2, -0.15) is 0 Å². The van der Waals surface area contributed by atoms with Crippen LogP contribution in [-0.2, 0) is 0 Å². The van der Waals surface area contributed by atoms with Gasteiger partial charge in [0.05, 0.1) is 6.54 Å². The fraction of sp³-hybridized carbons (Fsp3) is 0.538. The molecule has 0 aliphatic carbocycles. The zero-order chi connectivity index (χ0) is 12.1. The van der Waals surface area contributed by atoms with Crippen LogP contribution in [0.15, 0.2) is 12.4 Å². The molecule has 0 unspecified atom stereocenters. The molecule has 17 heavy (non-hydrogen) atoms. The third-order valence-electron chi connectivity index (χ3n) is 2.95. The molecule has 0 atom stereocenters. The van der Waals surface area contributed by atoms with E-state index in [1.54, 1.807) is 0 Å². The van der Waals surface area contributed by atoms with Crippen LogP contribution in [0.4, 0.5) is 5.95 Å². The molecule has 2 rings (SSSR count). The first-order valence-electron chi connectivity index (χ1n) is 5.99. The van der Waals surface area contributed by atoms with E-state index in [2.05, 4.69) is 25.7 Å². The van der Waals surface area contributed by atoms with Crippen LogP contribution in [0.25, 0.3) is 0 Å². The van der Waals surface area contributed by atoms with Crippen LogP contribution < -0.4 is 4.90 Å². The fourth-order valence-corrected chi connectivity index (χ4v) is 2.01. The van der Waals surface area contributed by atoms with Crippen molar-refractivity contribution in [2.45, 2.75) is 13.3 Å². The number of aromatic nitrogens is 2. The molecule has 0 bridgehead atoms. The molecule has 1 fully saturated rings. The molecule has 1 aromatic heterocycles. The summed E-state index contributed by atoms with van der Waals surface area (Å²) in [5, 5.41) is 0. The van der Waals surface area contributed by atoms with E-state index in [-0.39, 0.29) is 0 Å². The normalized spacial score (nSPS) is 17.5. The number of aryl methyl sites for hydroxylation is 1. The SMILES string of the molecule is C#CCN1CCCN(c2ncc(C)cn2)CC1. The van der Waals surface area contributed by atoms with Gasteiger partial charge in [-0.3, -0.25) is 4.90 Å². The Morgan fingerprint density at radius 1 is 1.24 bits per heavy atom. The lowest BCUT2D eigenvalue weighted by atomic mass is 10.4. The summed E-state index contributed by atoms with van der Waals surface area (Å²) in [6.07, 6.45) is 10.2. The van der Waals surface area contributed by atoms with Gasteiger partial charge in [-0.05, 0) is 18.9 Å². The lowest BCUT2D eigenvalue weighted by Gasteiger charge is -2.20. The highest BCUT2D eigenvalue weighted by atomic mass is 15.3. The van der Waals surface area contributed by atoms with Gasteiger partial charge in [0.1, 0.15) is 0 Å². The number of nitrogens with zero attached hydrogens (tertiary/aromatic N) is 4. The minimum Gasteiger partial charge on any atom is -0.339 e. The zero-order valence-corrected chi connectivity index (χ0v) is 10.3. The second-order valence-electron chi connectivity index (χ2n) is 4.38. The average molecular weight is 230 g/mol. The minimum atomic E-state index is 0.739. The maximum absolute atomic E-state index is 5.34. The Morgan fingerprint density at radius 3 is 2.71 bits per heavy atom. The van der Waals surface area contributed by atoms with E-state index in [0.29, 0.717) is 0 Å². The molecule has 2 heterocycles.